The van der Waals surface area contributed by atoms with Crippen molar-refractivity contribution in [1.29, 1.82) is 0 Å². The highest BCUT2D eigenvalue weighted by Crippen LogP contribution is 2.30. The molecule has 0 saturated carbocycles. The molecule has 0 amide bonds. The van der Waals surface area contributed by atoms with Crippen LogP contribution >= 0.6 is 11.6 Å². The van der Waals surface area contributed by atoms with Crippen LogP contribution in [0.2, 0.25) is 5.02 Å². The van der Waals surface area contributed by atoms with E-state index in [1.165, 1.54) is 13.0 Å². The molecule has 1 fully saturated rings. The first-order chi connectivity index (χ1) is 9.31. The Morgan fingerprint density at radius 1 is 1.50 bits per heavy atom. The van der Waals surface area contributed by atoms with E-state index in [4.69, 9.17) is 16.3 Å². The Labute approximate surface area is 121 Å². The highest BCUT2D eigenvalue weighted by molar-refractivity contribution is 7.89. The SMILES string of the molecule is Cc1cc(Cl)c([N+](=O)[O-])cc1S(=O)(=O)NC1CCOC1. The quantitative estimate of drug-likeness (QED) is 0.671. The molecule has 1 aromatic carbocycles. The molecule has 1 unspecified atom stereocenters. The van der Waals surface area contributed by atoms with Crippen molar-refractivity contribution in [2.24, 2.45) is 0 Å². The molecular weight excluding hydrogens is 308 g/mol. The Bertz CT molecular complexity index is 640. The van der Waals surface area contributed by atoms with Crippen molar-refractivity contribution in [2.75, 3.05) is 13.2 Å². The molecule has 1 aromatic rings. The van der Waals surface area contributed by atoms with Crippen molar-refractivity contribution in [2.45, 2.75) is 24.3 Å². The van der Waals surface area contributed by atoms with Gasteiger partial charge in [-0.2, -0.15) is 0 Å². The molecule has 110 valence electrons. The summed E-state index contributed by atoms with van der Waals surface area (Å²) in [6.07, 6.45) is 0.577. The Morgan fingerprint density at radius 2 is 2.20 bits per heavy atom. The van der Waals surface area contributed by atoms with Crippen molar-refractivity contribution in [1.82, 2.24) is 4.72 Å². The first-order valence-corrected chi connectivity index (χ1v) is 7.72. The van der Waals surface area contributed by atoms with E-state index in [1.807, 2.05) is 0 Å². The highest BCUT2D eigenvalue weighted by atomic mass is 35.5. The van der Waals surface area contributed by atoms with Crippen molar-refractivity contribution in [3.8, 4) is 0 Å². The van der Waals surface area contributed by atoms with E-state index in [2.05, 4.69) is 4.72 Å². The number of nitro benzene ring substituents is 1. The maximum atomic E-state index is 12.3. The van der Waals surface area contributed by atoms with Crippen LogP contribution in [0.25, 0.3) is 0 Å². The number of aryl methyl sites for hydroxylation is 1. The number of benzene rings is 1. The number of sulfonamides is 1. The molecule has 7 nitrogen and oxygen atoms in total. The molecule has 9 heteroatoms. The molecule has 0 radical (unpaired) electrons. The van der Waals surface area contributed by atoms with E-state index in [9.17, 15) is 18.5 Å². The van der Waals surface area contributed by atoms with Crippen LogP contribution in [0.4, 0.5) is 5.69 Å². The minimum Gasteiger partial charge on any atom is -0.380 e. The van der Waals surface area contributed by atoms with Gasteiger partial charge in [-0.15, -0.1) is 0 Å². The molecule has 1 aliphatic heterocycles. The zero-order valence-corrected chi connectivity index (χ0v) is 12.2. The summed E-state index contributed by atoms with van der Waals surface area (Å²) in [5.74, 6) is 0. The van der Waals surface area contributed by atoms with Crippen molar-refractivity contribution < 1.29 is 18.1 Å². The Hall–Kier alpha value is -1.22. The lowest BCUT2D eigenvalue weighted by Gasteiger charge is -2.13. The van der Waals surface area contributed by atoms with Gasteiger partial charge in [-0.25, -0.2) is 13.1 Å². The summed E-state index contributed by atoms with van der Waals surface area (Å²) in [7, 11) is -3.84. The van der Waals surface area contributed by atoms with Gasteiger partial charge in [0.25, 0.3) is 5.69 Å². The first kappa shape index (κ1) is 15.2. The topological polar surface area (TPSA) is 98.5 Å². The normalized spacial score (nSPS) is 19.2. The second-order valence-electron chi connectivity index (χ2n) is 4.51. The van der Waals surface area contributed by atoms with E-state index < -0.39 is 20.6 Å². The predicted octanol–water partition coefficient (Wildman–Crippen LogP) is 1.62. The lowest BCUT2D eigenvalue weighted by Crippen LogP contribution is -2.35. The van der Waals surface area contributed by atoms with Crippen molar-refractivity contribution in [3.63, 3.8) is 0 Å². The van der Waals surface area contributed by atoms with Gasteiger partial charge in [-0.3, -0.25) is 10.1 Å². The highest BCUT2D eigenvalue weighted by Gasteiger charge is 2.27. The number of halogens is 1. The van der Waals surface area contributed by atoms with Crippen LogP contribution in [0.5, 0.6) is 0 Å². The molecule has 1 atom stereocenters. The molecule has 1 aliphatic rings. The average molecular weight is 321 g/mol. The average Bonchev–Trinajstić information content (AvgIpc) is 2.79. The molecule has 20 heavy (non-hydrogen) atoms. The van der Waals surface area contributed by atoms with Gasteiger partial charge in [0.1, 0.15) is 5.02 Å². The number of ether oxygens (including phenoxy) is 1. The largest absolute Gasteiger partial charge is 0.380 e. The van der Waals surface area contributed by atoms with Gasteiger partial charge in [-0.1, -0.05) is 11.6 Å². The van der Waals surface area contributed by atoms with E-state index >= 15 is 0 Å². The fourth-order valence-electron chi connectivity index (χ4n) is 1.98. The second kappa shape index (κ2) is 5.65. The molecule has 0 aliphatic carbocycles. The Morgan fingerprint density at radius 3 is 2.75 bits per heavy atom. The standard InChI is InChI=1S/C11H13ClN2O5S/c1-7-4-9(12)10(14(15)16)5-11(7)20(17,18)13-8-2-3-19-6-8/h4-5,8,13H,2-3,6H2,1H3. The van der Waals surface area contributed by atoms with Crippen LogP contribution < -0.4 is 4.72 Å². The predicted molar refractivity (Wildman–Crippen MR) is 72.4 cm³/mol. The summed E-state index contributed by atoms with van der Waals surface area (Å²) in [6, 6.07) is 1.95. The molecule has 1 saturated heterocycles. The van der Waals surface area contributed by atoms with Gasteiger partial charge in [-0.05, 0) is 25.0 Å². The molecule has 0 aromatic heterocycles. The van der Waals surface area contributed by atoms with Crippen LogP contribution in [-0.4, -0.2) is 32.6 Å². The van der Waals surface area contributed by atoms with Gasteiger partial charge in [0, 0.05) is 18.7 Å². The van der Waals surface area contributed by atoms with E-state index in [0.717, 1.165) is 6.07 Å². The van der Waals surface area contributed by atoms with Gasteiger partial charge in [0.15, 0.2) is 0 Å². The summed E-state index contributed by atoms with van der Waals surface area (Å²) >= 11 is 5.74. The van der Waals surface area contributed by atoms with Crippen molar-refractivity contribution in [3.05, 3.63) is 32.8 Å². The Balaban J connectivity index is 2.40. The summed E-state index contributed by atoms with van der Waals surface area (Å²) < 4.78 is 32.1. The molecule has 0 bridgehead atoms. The van der Waals surface area contributed by atoms with Crippen LogP contribution in [0.15, 0.2) is 17.0 Å². The number of nitrogens with zero attached hydrogens (tertiary/aromatic N) is 1. The van der Waals surface area contributed by atoms with Crippen LogP contribution in [0.3, 0.4) is 0 Å². The molecule has 1 N–H and O–H groups in total. The first-order valence-electron chi connectivity index (χ1n) is 5.86. The van der Waals surface area contributed by atoms with E-state index in [0.29, 0.717) is 25.2 Å². The third kappa shape index (κ3) is 3.09. The van der Waals surface area contributed by atoms with E-state index in [1.54, 1.807) is 0 Å². The van der Waals surface area contributed by atoms with Gasteiger partial charge in [0.05, 0.1) is 16.4 Å². The zero-order valence-electron chi connectivity index (χ0n) is 10.6. The van der Waals surface area contributed by atoms with Gasteiger partial charge >= 0.3 is 0 Å². The monoisotopic (exact) mass is 320 g/mol. The number of hydrogen-bond acceptors (Lipinski definition) is 5. The third-order valence-electron chi connectivity index (χ3n) is 2.98. The maximum absolute atomic E-state index is 12.3. The van der Waals surface area contributed by atoms with Crippen LogP contribution in [0, 0.1) is 17.0 Å². The van der Waals surface area contributed by atoms with Gasteiger partial charge < -0.3 is 4.74 Å². The smallest absolute Gasteiger partial charge is 0.289 e. The lowest BCUT2D eigenvalue weighted by molar-refractivity contribution is -0.384. The maximum Gasteiger partial charge on any atom is 0.289 e. The number of rotatable bonds is 4. The van der Waals surface area contributed by atoms with Crippen LogP contribution in [0.1, 0.15) is 12.0 Å². The lowest BCUT2D eigenvalue weighted by atomic mass is 10.2. The summed E-state index contributed by atoms with van der Waals surface area (Å²) in [5.41, 5.74) is -0.0765. The zero-order chi connectivity index (χ0) is 14.9. The summed E-state index contributed by atoms with van der Waals surface area (Å²) in [5, 5.41) is 10.8. The number of nitrogens with one attached hydrogen (secondary N) is 1. The molecule has 0 spiro atoms. The van der Waals surface area contributed by atoms with E-state index in [-0.39, 0.29) is 16.0 Å². The fraction of sp³-hybridized carbons (Fsp3) is 0.455. The minimum absolute atomic E-state index is 0.0874. The molecule has 2 rings (SSSR count). The number of nitro groups is 1. The van der Waals surface area contributed by atoms with Crippen molar-refractivity contribution >= 4 is 27.3 Å². The number of hydrogen-bond donors (Lipinski definition) is 1. The molecular formula is C11H13ClN2O5S. The van der Waals surface area contributed by atoms with Crippen LogP contribution in [-0.2, 0) is 14.8 Å². The van der Waals surface area contributed by atoms with Gasteiger partial charge in [0.2, 0.25) is 10.0 Å². The summed E-state index contributed by atoms with van der Waals surface area (Å²) in [6.45, 7) is 2.33. The third-order valence-corrected chi connectivity index (χ3v) is 4.95. The molecule has 1 heterocycles. The Kier molecular flexibility index (Phi) is 4.28. The second-order valence-corrected chi connectivity index (χ2v) is 6.60. The minimum atomic E-state index is -3.84. The fourth-order valence-corrected chi connectivity index (χ4v) is 3.77. The summed E-state index contributed by atoms with van der Waals surface area (Å²) in [4.78, 5) is 10.00.